The highest BCUT2D eigenvalue weighted by molar-refractivity contribution is 6.58. The average molecular weight is 377 g/mol. The standard InChI is InChI=1S/C22H22BF2N3/c1-13-10-15(3)27-21(13)20(18-12-26(5)19-9-7-6-8-17(18)19)22-14(2)11-16(4)28(22)23(27,24)25/h6-12H,1-5H3. The summed E-state index contributed by atoms with van der Waals surface area (Å²) >= 11 is 0. The summed E-state index contributed by atoms with van der Waals surface area (Å²) in [7, 11) is 2.00. The van der Waals surface area contributed by atoms with Crippen LogP contribution in [0.15, 0.2) is 53.9 Å². The maximum Gasteiger partial charge on any atom is 0.737 e. The molecular formula is C22H22BF2N3. The number of aromatic nitrogens is 2. The largest absolute Gasteiger partial charge is 0.737 e. The summed E-state index contributed by atoms with van der Waals surface area (Å²) < 4.78 is 36.0. The predicted molar refractivity (Wildman–Crippen MR) is 111 cm³/mol. The van der Waals surface area contributed by atoms with Crippen molar-refractivity contribution in [2.24, 2.45) is 7.05 Å². The zero-order chi connectivity index (χ0) is 20.0. The Bertz CT molecular complexity index is 1280. The Morgan fingerprint density at radius 1 is 1.04 bits per heavy atom. The lowest BCUT2D eigenvalue weighted by molar-refractivity contribution is -0.363. The molecule has 0 atom stereocenters. The molecule has 4 heterocycles. The van der Waals surface area contributed by atoms with Crippen LogP contribution in [-0.4, -0.2) is 26.2 Å². The maximum absolute atomic E-state index is 15.7. The van der Waals surface area contributed by atoms with Crippen molar-refractivity contribution in [3.8, 4) is 0 Å². The Kier molecular flexibility index (Phi) is 3.29. The molecule has 28 heavy (non-hydrogen) atoms. The third-order valence-corrected chi connectivity index (χ3v) is 6.10. The fourth-order valence-corrected chi connectivity index (χ4v) is 5.09. The van der Waals surface area contributed by atoms with E-state index in [0.717, 1.165) is 33.2 Å². The van der Waals surface area contributed by atoms with E-state index in [1.165, 1.54) is 8.96 Å². The molecule has 0 aliphatic carbocycles. The topological polar surface area (TPSA) is 12.9 Å². The summed E-state index contributed by atoms with van der Waals surface area (Å²) in [6.45, 7) is 3.45. The molecule has 2 aromatic heterocycles. The Morgan fingerprint density at radius 2 is 1.75 bits per heavy atom. The van der Waals surface area contributed by atoms with Gasteiger partial charge >= 0.3 is 6.97 Å². The minimum atomic E-state index is -3.94. The van der Waals surface area contributed by atoms with Gasteiger partial charge in [0.25, 0.3) is 0 Å². The van der Waals surface area contributed by atoms with E-state index < -0.39 is 6.97 Å². The minimum Gasteiger partial charge on any atom is -0.393 e. The molecule has 0 amide bonds. The molecule has 0 N–H and O–H groups in total. The summed E-state index contributed by atoms with van der Waals surface area (Å²) in [4.78, 5) is 0. The highest BCUT2D eigenvalue weighted by Crippen LogP contribution is 2.45. The molecule has 3 aromatic rings. The second-order valence-electron chi connectivity index (χ2n) is 8.01. The first kappa shape index (κ1) is 17.2. The second kappa shape index (κ2) is 5.34. The number of aryl methyl sites for hydroxylation is 3. The van der Waals surface area contributed by atoms with Crippen molar-refractivity contribution in [3.63, 3.8) is 0 Å². The normalized spacial score (nSPS) is 18.0. The smallest absolute Gasteiger partial charge is 0.393 e. The van der Waals surface area contributed by atoms with E-state index >= 15 is 8.63 Å². The van der Waals surface area contributed by atoms with E-state index in [4.69, 9.17) is 0 Å². The van der Waals surface area contributed by atoms with Crippen molar-refractivity contribution in [2.75, 3.05) is 0 Å². The molecule has 1 aromatic carbocycles. The van der Waals surface area contributed by atoms with Gasteiger partial charge in [-0.25, -0.2) is 0 Å². The molecule has 2 aliphatic rings. The van der Waals surface area contributed by atoms with Crippen LogP contribution in [0.3, 0.4) is 0 Å². The monoisotopic (exact) mass is 377 g/mol. The van der Waals surface area contributed by atoms with Gasteiger partial charge in [0.2, 0.25) is 0 Å². The first-order valence-electron chi connectivity index (χ1n) is 9.55. The van der Waals surface area contributed by atoms with Crippen LogP contribution < -0.4 is 0 Å². The molecule has 2 aliphatic heterocycles. The number of halogens is 2. The molecule has 6 heteroatoms. The zero-order valence-electron chi connectivity index (χ0n) is 16.7. The average Bonchev–Trinajstić information content (AvgIpc) is 3.22. The van der Waals surface area contributed by atoms with Gasteiger partial charge in [-0.15, -0.1) is 0 Å². The minimum absolute atomic E-state index is 0.589. The molecule has 5 rings (SSSR count). The van der Waals surface area contributed by atoms with Gasteiger partial charge in [-0.3, -0.25) is 0 Å². The summed E-state index contributed by atoms with van der Waals surface area (Å²) in [5, 5.41) is 1.08. The molecule has 0 unspecified atom stereocenters. The number of nitrogens with zero attached hydrogens (tertiary/aromatic N) is 3. The molecule has 0 fully saturated rings. The summed E-state index contributed by atoms with van der Waals surface area (Å²) in [5.41, 5.74) is 7.18. The van der Waals surface area contributed by atoms with Crippen molar-refractivity contribution >= 4 is 29.2 Å². The van der Waals surface area contributed by atoms with E-state index in [-0.39, 0.29) is 0 Å². The number of benzene rings is 1. The van der Waals surface area contributed by atoms with Gasteiger partial charge in [0.15, 0.2) is 5.70 Å². The van der Waals surface area contributed by atoms with Crippen LogP contribution in [0.25, 0.3) is 16.5 Å². The summed E-state index contributed by atoms with van der Waals surface area (Å²) in [6, 6.07) is 10.0. The molecule has 0 radical (unpaired) electrons. The lowest BCUT2D eigenvalue weighted by Crippen LogP contribution is -2.51. The van der Waals surface area contributed by atoms with Gasteiger partial charge in [0, 0.05) is 54.0 Å². The van der Waals surface area contributed by atoms with Crippen LogP contribution in [0.5, 0.6) is 0 Å². The van der Waals surface area contributed by atoms with Gasteiger partial charge < -0.3 is 22.2 Å². The second-order valence-corrected chi connectivity index (χ2v) is 8.01. The van der Waals surface area contributed by atoms with Crippen molar-refractivity contribution in [1.82, 2.24) is 9.05 Å². The number of allylic oxidation sites excluding steroid dienone is 2. The molecular weight excluding hydrogens is 355 g/mol. The van der Waals surface area contributed by atoms with Crippen molar-refractivity contribution in [1.29, 1.82) is 0 Å². The molecule has 0 saturated carbocycles. The maximum atomic E-state index is 15.7. The van der Waals surface area contributed by atoms with E-state index in [9.17, 15) is 0 Å². The lowest BCUT2D eigenvalue weighted by Gasteiger charge is -2.33. The SMILES string of the molecule is CC1=CC(C)=[N+]2C1=C(c1cn(C)c3ccccc13)c1c(C)cc(C)n1[B-]2(F)F. The lowest BCUT2D eigenvalue weighted by atomic mass is 9.84. The third-order valence-electron chi connectivity index (χ3n) is 6.10. The fraction of sp³-hybridized carbons (Fsp3) is 0.227. The highest BCUT2D eigenvalue weighted by Gasteiger charge is 2.55. The van der Waals surface area contributed by atoms with Crippen molar-refractivity contribution in [2.45, 2.75) is 27.7 Å². The number of hydrogen-bond donors (Lipinski definition) is 0. The van der Waals surface area contributed by atoms with E-state index in [2.05, 4.69) is 22.9 Å². The molecule has 3 nitrogen and oxygen atoms in total. The number of para-hydroxylation sites is 1. The Labute approximate surface area is 163 Å². The zero-order valence-corrected chi connectivity index (χ0v) is 16.7. The number of fused-ring (bicyclic) bond motifs is 3. The molecule has 0 bridgehead atoms. The molecule has 0 spiro atoms. The van der Waals surface area contributed by atoms with Crippen molar-refractivity contribution < 1.29 is 13.1 Å². The van der Waals surface area contributed by atoms with Crippen LogP contribution >= 0.6 is 0 Å². The van der Waals surface area contributed by atoms with Gasteiger partial charge in [-0.1, -0.05) is 18.2 Å². The first-order valence-corrected chi connectivity index (χ1v) is 9.55. The first-order chi connectivity index (χ1) is 13.2. The number of hydrogen-bond acceptors (Lipinski definition) is 0. The Hall–Kier alpha value is -2.89. The summed E-state index contributed by atoms with van der Waals surface area (Å²) in [6.07, 6.45) is 3.93. The van der Waals surface area contributed by atoms with E-state index in [1.54, 1.807) is 13.8 Å². The van der Waals surface area contributed by atoms with Crippen LogP contribution in [0.1, 0.15) is 36.4 Å². The molecule has 142 valence electrons. The van der Waals surface area contributed by atoms with Crippen LogP contribution in [-0.2, 0) is 7.05 Å². The van der Waals surface area contributed by atoms with Crippen LogP contribution in [0.4, 0.5) is 8.63 Å². The van der Waals surface area contributed by atoms with Crippen LogP contribution in [0.2, 0.25) is 0 Å². The van der Waals surface area contributed by atoms with E-state index in [1.807, 2.05) is 45.2 Å². The summed E-state index contributed by atoms with van der Waals surface area (Å²) in [5.74, 6) is 0. The third kappa shape index (κ3) is 1.95. The van der Waals surface area contributed by atoms with Gasteiger partial charge in [-0.2, -0.15) is 0 Å². The van der Waals surface area contributed by atoms with Crippen LogP contribution in [0, 0.1) is 13.8 Å². The molecule has 0 saturated heterocycles. The Morgan fingerprint density at radius 3 is 2.50 bits per heavy atom. The van der Waals surface area contributed by atoms with Gasteiger partial charge in [0.05, 0.1) is 5.57 Å². The Balaban J connectivity index is 2.00. The van der Waals surface area contributed by atoms with E-state index in [0.29, 0.717) is 22.8 Å². The van der Waals surface area contributed by atoms with Gasteiger partial charge in [0.1, 0.15) is 5.71 Å². The van der Waals surface area contributed by atoms with Gasteiger partial charge in [-0.05, 0) is 44.2 Å². The van der Waals surface area contributed by atoms with Crippen molar-refractivity contribution in [3.05, 3.63) is 76.4 Å². The fourth-order valence-electron chi connectivity index (χ4n) is 5.09. The number of rotatable bonds is 1. The quantitative estimate of drug-likeness (QED) is 0.528. The highest BCUT2D eigenvalue weighted by atomic mass is 19.2. The predicted octanol–water partition coefficient (Wildman–Crippen LogP) is 5.03.